The summed E-state index contributed by atoms with van der Waals surface area (Å²) >= 11 is 0. The molecule has 0 bridgehead atoms. The van der Waals surface area contributed by atoms with Crippen LogP contribution in [0.1, 0.15) is 13.3 Å². The van der Waals surface area contributed by atoms with Crippen molar-refractivity contribution in [2.24, 2.45) is 0 Å². The molecule has 0 spiro atoms. The molecular weight excluding hydrogens is 312 g/mol. The molecule has 2 N–H and O–H groups in total. The number of anilines is 1. The van der Waals surface area contributed by atoms with E-state index in [0.717, 1.165) is 13.0 Å². The van der Waals surface area contributed by atoms with E-state index >= 15 is 0 Å². The summed E-state index contributed by atoms with van der Waals surface area (Å²) in [5.74, 6) is 0.972. The molecule has 24 heavy (non-hydrogen) atoms. The molecule has 0 aliphatic heterocycles. The number of aromatic hydroxyl groups is 1. The van der Waals surface area contributed by atoms with E-state index in [1.54, 1.807) is 12.3 Å². The van der Waals surface area contributed by atoms with Gasteiger partial charge in [-0.15, -0.1) is 5.10 Å². The quantitative estimate of drug-likeness (QED) is 0.582. The van der Waals surface area contributed by atoms with E-state index in [1.807, 2.05) is 0 Å². The van der Waals surface area contributed by atoms with Gasteiger partial charge >= 0.3 is 0 Å². The van der Waals surface area contributed by atoms with Gasteiger partial charge < -0.3 is 15.2 Å². The van der Waals surface area contributed by atoms with E-state index in [0.29, 0.717) is 30.5 Å². The second-order valence-electron chi connectivity index (χ2n) is 4.91. The molecule has 0 atom stereocenters. The summed E-state index contributed by atoms with van der Waals surface area (Å²) in [6, 6.07) is 1.69. The maximum atomic E-state index is 10.3. The Morgan fingerprint density at radius 1 is 1.29 bits per heavy atom. The lowest BCUT2D eigenvalue weighted by Crippen LogP contribution is -2.11. The fourth-order valence-corrected chi connectivity index (χ4v) is 2.06. The Balaban J connectivity index is 1.72. The highest BCUT2D eigenvalue weighted by Gasteiger charge is 2.14. The van der Waals surface area contributed by atoms with Crippen LogP contribution in [0.15, 0.2) is 31.0 Å². The fourth-order valence-electron chi connectivity index (χ4n) is 2.06. The van der Waals surface area contributed by atoms with Gasteiger partial charge in [-0.2, -0.15) is 9.78 Å². The van der Waals surface area contributed by atoms with Gasteiger partial charge in [-0.25, -0.2) is 14.6 Å². The zero-order valence-electron chi connectivity index (χ0n) is 13.2. The monoisotopic (exact) mass is 330 g/mol. The first-order valence-electron chi connectivity index (χ1n) is 7.57. The predicted molar refractivity (Wildman–Crippen MR) is 85.3 cm³/mol. The van der Waals surface area contributed by atoms with E-state index in [2.05, 4.69) is 37.6 Å². The van der Waals surface area contributed by atoms with Crippen LogP contribution in [0.25, 0.3) is 11.5 Å². The maximum absolute atomic E-state index is 10.3. The van der Waals surface area contributed by atoms with Crippen LogP contribution in [-0.2, 0) is 4.74 Å². The van der Waals surface area contributed by atoms with Crippen molar-refractivity contribution in [1.29, 1.82) is 0 Å². The standard InChI is InChI=1S/C14H18N8O2/c1-2-6-24-7-4-15-12-8-13(17-10-16-12)22-14(23)11(9-19-22)21-5-3-18-20-21/h3,5,8-10,23H,2,4,6-7H2,1H3,(H,15,16,17). The van der Waals surface area contributed by atoms with Gasteiger partial charge in [0.2, 0.25) is 5.88 Å². The first-order valence-corrected chi connectivity index (χ1v) is 7.57. The highest BCUT2D eigenvalue weighted by Crippen LogP contribution is 2.23. The lowest BCUT2D eigenvalue weighted by molar-refractivity contribution is 0.144. The van der Waals surface area contributed by atoms with Crippen LogP contribution in [0.4, 0.5) is 5.82 Å². The van der Waals surface area contributed by atoms with Crippen LogP contribution in [0, 0.1) is 0 Å². The molecule has 0 aromatic carbocycles. The molecule has 3 rings (SSSR count). The highest BCUT2D eigenvalue weighted by atomic mass is 16.5. The van der Waals surface area contributed by atoms with Crippen molar-refractivity contribution in [2.75, 3.05) is 25.1 Å². The second kappa shape index (κ2) is 7.51. The number of hydrogen-bond donors (Lipinski definition) is 2. The molecule has 0 saturated carbocycles. The third-order valence-corrected chi connectivity index (χ3v) is 3.17. The Bertz CT molecular complexity index is 771. The van der Waals surface area contributed by atoms with Gasteiger partial charge in [-0.3, -0.25) is 0 Å². The molecule has 10 heteroatoms. The van der Waals surface area contributed by atoms with Gasteiger partial charge in [0.25, 0.3) is 0 Å². The Hall–Kier alpha value is -3.01. The van der Waals surface area contributed by atoms with Gasteiger partial charge in [-0.1, -0.05) is 12.1 Å². The van der Waals surface area contributed by atoms with E-state index in [1.165, 1.54) is 28.1 Å². The minimum absolute atomic E-state index is 0.0866. The zero-order chi connectivity index (χ0) is 16.8. The number of nitrogens with zero attached hydrogens (tertiary/aromatic N) is 7. The fraction of sp³-hybridized carbons (Fsp3) is 0.357. The summed E-state index contributed by atoms with van der Waals surface area (Å²) < 4.78 is 8.13. The molecule has 0 aliphatic rings. The molecule has 0 fully saturated rings. The second-order valence-corrected chi connectivity index (χ2v) is 4.91. The van der Waals surface area contributed by atoms with Crippen LogP contribution < -0.4 is 5.32 Å². The topological polar surface area (TPSA) is 116 Å². The Kier molecular flexibility index (Phi) is 4.96. The van der Waals surface area contributed by atoms with Gasteiger partial charge in [0.1, 0.15) is 17.8 Å². The smallest absolute Gasteiger partial charge is 0.242 e. The minimum Gasteiger partial charge on any atom is -0.492 e. The van der Waals surface area contributed by atoms with Crippen molar-refractivity contribution in [2.45, 2.75) is 13.3 Å². The summed E-state index contributed by atoms with van der Waals surface area (Å²) in [4.78, 5) is 8.28. The van der Waals surface area contributed by atoms with Crippen molar-refractivity contribution >= 4 is 5.82 Å². The zero-order valence-corrected chi connectivity index (χ0v) is 13.2. The average molecular weight is 330 g/mol. The average Bonchev–Trinajstić information content (AvgIpc) is 3.24. The molecule has 3 aromatic heterocycles. The number of aromatic nitrogens is 7. The van der Waals surface area contributed by atoms with E-state index in [9.17, 15) is 5.11 Å². The molecule has 10 nitrogen and oxygen atoms in total. The third kappa shape index (κ3) is 3.49. The van der Waals surface area contributed by atoms with Crippen LogP contribution in [0.3, 0.4) is 0 Å². The van der Waals surface area contributed by atoms with E-state index in [-0.39, 0.29) is 5.88 Å². The van der Waals surface area contributed by atoms with Crippen molar-refractivity contribution in [3.05, 3.63) is 31.0 Å². The van der Waals surface area contributed by atoms with E-state index in [4.69, 9.17) is 4.74 Å². The van der Waals surface area contributed by atoms with Crippen LogP contribution in [0.5, 0.6) is 5.88 Å². The predicted octanol–water partition coefficient (Wildman–Crippen LogP) is 0.787. The van der Waals surface area contributed by atoms with E-state index < -0.39 is 0 Å². The van der Waals surface area contributed by atoms with Crippen LogP contribution in [0.2, 0.25) is 0 Å². The van der Waals surface area contributed by atoms with Gasteiger partial charge in [0.15, 0.2) is 5.82 Å². The first kappa shape index (κ1) is 15.9. The van der Waals surface area contributed by atoms with Crippen molar-refractivity contribution < 1.29 is 9.84 Å². The summed E-state index contributed by atoms with van der Waals surface area (Å²) in [6.45, 7) is 4.03. The number of rotatable bonds is 8. The van der Waals surface area contributed by atoms with Gasteiger partial charge in [0.05, 0.1) is 25.2 Å². The lowest BCUT2D eigenvalue weighted by Gasteiger charge is -2.08. The molecular formula is C14H18N8O2. The SMILES string of the molecule is CCCOCCNc1cc(-n2ncc(-n3ccnn3)c2O)ncn1. The lowest BCUT2D eigenvalue weighted by atomic mass is 10.5. The molecule has 3 heterocycles. The summed E-state index contributed by atoms with van der Waals surface area (Å²) in [5.41, 5.74) is 0.411. The molecule has 0 radical (unpaired) electrons. The van der Waals surface area contributed by atoms with Crippen LogP contribution in [-0.4, -0.2) is 59.6 Å². The minimum atomic E-state index is -0.0866. The number of ether oxygens (including phenoxy) is 1. The van der Waals surface area contributed by atoms with Gasteiger partial charge in [0, 0.05) is 19.2 Å². The number of hydrogen-bond acceptors (Lipinski definition) is 8. The normalized spacial score (nSPS) is 10.9. The third-order valence-electron chi connectivity index (χ3n) is 3.17. The van der Waals surface area contributed by atoms with Gasteiger partial charge in [-0.05, 0) is 6.42 Å². The van der Waals surface area contributed by atoms with Crippen molar-refractivity contribution in [3.8, 4) is 17.4 Å². The Morgan fingerprint density at radius 2 is 2.21 bits per heavy atom. The molecule has 126 valence electrons. The summed E-state index contributed by atoms with van der Waals surface area (Å²) in [6.07, 6.45) is 7.01. The van der Waals surface area contributed by atoms with Crippen molar-refractivity contribution in [3.63, 3.8) is 0 Å². The van der Waals surface area contributed by atoms with Crippen LogP contribution >= 0.6 is 0 Å². The molecule has 0 amide bonds. The molecule has 0 aliphatic carbocycles. The summed E-state index contributed by atoms with van der Waals surface area (Å²) in [7, 11) is 0. The summed E-state index contributed by atoms with van der Waals surface area (Å²) in [5, 5.41) is 25.1. The molecule has 0 saturated heterocycles. The Morgan fingerprint density at radius 3 is 3.00 bits per heavy atom. The largest absolute Gasteiger partial charge is 0.492 e. The highest BCUT2D eigenvalue weighted by molar-refractivity contribution is 5.46. The maximum Gasteiger partial charge on any atom is 0.242 e. The molecule has 3 aromatic rings. The molecule has 0 unspecified atom stereocenters. The Labute approximate surface area is 138 Å². The number of nitrogens with one attached hydrogen (secondary N) is 1. The first-order chi connectivity index (χ1) is 11.8. The van der Waals surface area contributed by atoms with Crippen molar-refractivity contribution in [1.82, 2.24) is 34.7 Å².